The molecule has 20 heavy (non-hydrogen) atoms. The Balaban J connectivity index is 1.99. The summed E-state index contributed by atoms with van der Waals surface area (Å²) in [7, 11) is 1.69. The Morgan fingerprint density at radius 1 is 1.45 bits per heavy atom. The quantitative estimate of drug-likeness (QED) is 0.753. The van der Waals surface area contributed by atoms with Gasteiger partial charge in [0, 0.05) is 13.7 Å². The van der Waals surface area contributed by atoms with Crippen LogP contribution < -0.4 is 5.32 Å². The topological polar surface area (TPSA) is 64.9 Å². The van der Waals surface area contributed by atoms with Crippen LogP contribution in [-0.4, -0.2) is 40.5 Å². The second kappa shape index (κ2) is 7.47. The minimum atomic E-state index is 0.102. The number of aromatic nitrogens is 4. The number of rotatable bonds is 8. The molecule has 0 aliphatic carbocycles. The van der Waals surface area contributed by atoms with Gasteiger partial charge in [-0.15, -0.1) is 5.10 Å². The summed E-state index contributed by atoms with van der Waals surface area (Å²) in [5, 5.41) is 19.7. The molecule has 0 saturated carbocycles. The van der Waals surface area contributed by atoms with E-state index in [2.05, 4.69) is 51.5 Å². The van der Waals surface area contributed by atoms with Crippen LogP contribution >= 0.6 is 11.3 Å². The molecule has 2 aromatic rings. The van der Waals surface area contributed by atoms with Gasteiger partial charge in [-0.25, -0.2) is 4.68 Å². The normalized spacial score (nSPS) is 14.3. The summed E-state index contributed by atoms with van der Waals surface area (Å²) >= 11 is 1.72. The number of nitrogens with zero attached hydrogens (tertiary/aromatic N) is 4. The monoisotopic (exact) mass is 295 g/mol. The molecule has 0 spiro atoms. The minimum Gasteiger partial charge on any atom is -0.383 e. The average molecular weight is 295 g/mol. The Labute approximate surface area is 123 Å². The third-order valence-electron chi connectivity index (χ3n) is 3.19. The van der Waals surface area contributed by atoms with E-state index in [1.54, 1.807) is 18.4 Å². The standard InChI is InChI=1S/C13H21N5OS/c1-10(8-12-4-7-20-9-12)18-13(15-16-17-18)11(2)14-5-6-19-3/h4,7,9-11,14H,5-6,8H2,1-3H3. The molecule has 2 aromatic heterocycles. The molecule has 0 amide bonds. The molecule has 2 heterocycles. The lowest BCUT2D eigenvalue weighted by molar-refractivity contribution is 0.195. The minimum absolute atomic E-state index is 0.102. The maximum Gasteiger partial charge on any atom is 0.168 e. The molecule has 1 N–H and O–H groups in total. The first-order valence-corrected chi connectivity index (χ1v) is 7.67. The Hall–Kier alpha value is -1.31. The molecule has 0 aliphatic rings. The number of tetrazole rings is 1. The average Bonchev–Trinajstić information content (AvgIpc) is 3.09. The smallest absolute Gasteiger partial charge is 0.168 e. The van der Waals surface area contributed by atoms with E-state index in [1.165, 1.54) is 5.56 Å². The van der Waals surface area contributed by atoms with Gasteiger partial charge in [-0.2, -0.15) is 11.3 Å². The number of hydrogen-bond acceptors (Lipinski definition) is 6. The molecule has 0 radical (unpaired) electrons. The fraction of sp³-hybridized carbons (Fsp3) is 0.615. The zero-order valence-corrected chi connectivity index (χ0v) is 12.9. The number of thiophene rings is 1. The van der Waals surface area contributed by atoms with Gasteiger partial charge in [0.05, 0.1) is 18.7 Å². The molecule has 0 saturated heterocycles. The van der Waals surface area contributed by atoms with E-state index in [-0.39, 0.29) is 12.1 Å². The van der Waals surface area contributed by atoms with Crippen molar-refractivity contribution in [2.45, 2.75) is 32.4 Å². The van der Waals surface area contributed by atoms with Crippen molar-refractivity contribution in [3.05, 3.63) is 28.2 Å². The Kier molecular flexibility index (Phi) is 5.63. The van der Waals surface area contributed by atoms with Crippen LogP contribution in [-0.2, 0) is 11.2 Å². The van der Waals surface area contributed by atoms with Gasteiger partial charge < -0.3 is 10.1 Å². The molecule has 0 bridgehead atoms. The molecule has 2 unspecified atom stereocenters. The predicted octanol–water partition coefficient (Wildman–Crippen LogP) is 1.84. The SMILES string of the molecule is COCCNC(C)c1nnnn1C(C)Cc1ccsc1. The van der Waals surface area contributed by atoms with Gasteiger partial charge in [-0.1, -0.05) is 0 Å². The lowest BCUT2D eigenvalue weighted by Gasteiger charge is -2.17. The first kappa shape index (κ1) is 15.1. The lowest BCUT2D eigenvalue weighted by atomic mass is 10.1. The van der Waals surface area contributed by atoms with E-state index in [9.17, 15) is 0 Å². The van der Waals surface area contributed by atoms with Crippen LogP contribution in [0.5, 0.6) is 0 Å². The number of methoxy groups -OCH3 is 1. The Morgan fingerprint density at radius 2 is 2.30 bits per heavy atom. The summed E-state index contributed by atoms with van der Waals surface area (Å²) in [6.07, 6.45) is 0.937. The van der Waals surface area contributed by atoms with Gasteiger partial charge in [-0.3, -0.25) is 0 Å². The predicted molar refractivity (Wildman–Crippen MR) is 78.8 cm³/mol. The highest BCUT2D eigenvalue weighted by molar-refractivity contribution is 7.07. The van der Waals surface area contributed by atoms with Crippen molar-refractivity contribution < 1.29 is 4.74 Å². The highest BCUT2D eigenvalue weighted by atomic mass is 32.1. The fourth-order valence-corrected chi connectivity index (χ4v) is 2.79. The van der Waals surface area contributed by atoms with E-state index >= 15 is 0 Å². The molecule has 0 fully saturated rings. The van der Waals surface area contributed by atoms with Gasteiger partial charge in [-0.05, 0) is 53.1 Å². The van der Waals surface area contributed by atoms with Crippen molar-refractivity contribution in [3.8, 4) is 0 Å². The van der Waals surface area contributed by atoms with E-state index in [1.807, 2.05) is 4.68 Å². The largest absolute Gasteiger partial charge is 0.383 e. The molecule has 7 heteroatoms. The van der Waals surface area contributed by atoms with Crippen molar-refractivity contribution in [2.75, 3.05) is 20.3 Å². The van der Waals surface area contributed by atoms with Crippen LogP contribution in [0.3, 0.4) is 0 Å². The first-order valence-electron chi connectivity index (χ1n) is 6.73. The maximum atomic E-state index is 5.04. The van der Waals surface area contributed by atoms with E-state index < -0.39 is 0 Å². The van der Waals surface area contributed by atoms with E-state index in [0.29, 0.717) is 6.61 Å². The van der Waals surface area contributed by atoms with Gasteiger partial charge in [0.1, 0.15) is 0 Å². The number of hydrogen-bond donors (Lipinski definition) is 1. The Morgan fingerprint density at radius 3 is 3.00 bits per heavy atom. The maximum absolute atomic E-state index is 5.04. The number of nitrogens with one attached hydrogen (secondary N) is 1. The summed E-state index contributed by atoms with van der Waals surface area (Å²) in [5.74, 6) is 0.865. The molecule has 0 aromatic carbocycles. The summed E-state index contributed by atoms with van der Waals surface area (Å²) in [5.41, 5.74) is 1.32. The molecular formula is C13H21N5OS. The Bertz CT molecular complexity index is 499. The van der Waals surface area contributed by atoms with Crippen LogP contribution in [0.2, 0.25) is 0 Å². The van der Waals surface area contributed by atoms with E-state index in [0.717, 1.165) is 18.8 Å². The third-order valence-corrected chi connectivity index (χ3v) is 3.92. The second-order valence-corrected chi connectivity index (χ2v) is 5.62. The first-order chi connectivity index (χ1) is 9.72. The van der Waals surface area contributed by atoms with Crippen molar-refractivity contribution in [3.63, 3.8) is 0 Å². The van der Waals surface area contributed by atoms with Crippen LogP contribution in [0.15, 0.2) is 16.8 Å². The number of ether oxygens (including phenoxy) is 1. The molecular weight excluding hydrogens is 274 g/mol. The van der Waals surface area contributed by atoms with Crippen LogP contribution in [0.4, 0.5) is 0 Å². The van der Waals surface area contributed by atoms with Gasteiger partial charge in [0.25, 0.3) is 0 Å². The van der Waals surface area contributed by atoms with Crippen LogP contribution in [0.1, 0.15) is 37.3 Å². The zero-order chi connectivity index (χ0) is 14.4. The van der Waals surface area contributed by atoms with Crippen molar-refractivity contribution in [2.24, 2.45) is 0 Å². The van der Waals surface area contributed by atoms with Gasteiger partial charge >= 0.3 is 0 Å². The van der Waals surface area contributed by atoms with Crippen molar-refractivity contribution in [1.29, 1.82) is 0 Å². The third kappa shape index (κ3) is 3.84. The highest BCUT2D eigenvalue weighted by Crippen LogP contribution is 2.18. The summed E-state index contributed by atoms with van der Waals surface area (Å²) in [6, 6.07) is 2.48. The summed E-state index contributed by atoms with van der Waals surface area (Å²) in [6.45, 7) is 5.66. The van der Waals surface area contributed by atoms with Crippen molar-refractivity contribution >= 4 is 11.3 Å². The zero-order valence-electron chi connectivity index (χ0n) is 12.1. The summed E-state index contributed by atoms with van der Waals surface area (Å²) in [4.78, 5) is 0. The molecule has 2 rings (SSSR count). The fourth-order valence-electron chi connectivity index (χ4n) is 2.10. The van der Waals surface area contributed by atoms with Crippen LogP contribution in [0.25, 0.3) is 0 Å². The van der Waals surface area contributed by atoms with E-state index in [4.69, 9.17) is 4.74 Å². The molecule has 0 aliphatic heterocycles. The second-order valence-electron chi connectivity index (χ2n) is 4.84. The summed E-state index contributed by atoms with van der Waals surface area (Å²) < 4.78 is 6.94. The molecule has 6 nitrogen and oxygen atoms in total. The van der Waals surface area contributed by atoms with Crippen molar-refractivity contribution in [1.82, 2.24) is 25.5 Å². The van der Waals surface area contributed by atoms with Gasteiger partial charge in [0.2, 0.25) is 0 Å². The highest BCUT2D eigenvalue weighted by Gasteiger charge is 2.18. The lowest BCUT2D eigenvalue weighted by Crippen LogP contribution is -2.27. The van der Waals surface area contributed by atoms with Crippen LogP contribution in [0, 0.1) is 0 Å². The molecule has 110 valence electrons. The molecule has 2 atom stereocenters. The van der Waals surface area contributed by atoms with Gasteiger partial charge in [0.15, 0.2) is 5.82 Å².